The minimum absolute atomic E-state index is 0.0505. The number of amides is 2. The Hall–Kier alpha value is -4.66. The Morgan fingerprint density at radius 2 is 1.66 bits per heavy atom. The molecule has 0 unspecified atom stereocenters. The number of ether oxygens (including phenoxy) is 2. The van der Waals surface area contributed by atoms with Crippen LogP contribution in [0.4, 0.5) is 0 Å². The molecule has 9 nitrogen and oxygen atoms in total. The normalized spacial score (nSPS) is 10.5. The summed E-state index contributed by atoms with van der Waals surface area (Å²) in [6, 6.07) is 19.9. The smallest absolute Gasteiger partial charge is 0.257 e. The monoisotopic (exact) mass is 472 g/mol. The Morgan fingerprint density at radius 3 is 2.46 bits per heavy atom. The molecule has 3 N–H and O–H groups in total. The molecule has 0 bridgehead atoms. The molecule has 2 amide bonds. The van der Waals surface area contributed by atoms with Crippen LogP contribution in [0.15, 0.2) is 83.9 Å². The number of pyridine rings is 2. The number of hydrogen-bond acceptors (Lipinski definition) is 6. The SMILES string of the molecule is O=C(CNC(=O)c1c[nH]c2ccccc2c1=O)NCc1ccc(OCCOc2ccccc2)nc1. The highest BCUT2D eigenvalue weighted by Gasteiger charge is 2.13. The van der Waals surface area contributed by atoms with E-state index < -0.39 is 17.2 Å². The minimum atomic E-state index is -0.619. The molecule has 0 saturated heterocycles. The Labute approximate surface area is 201 Å². The highest BCUT2D eigenvalue weighted by atomic mass is 16.5. The van der Waals surface area contributed by atoms with Crippen LogP contribution in [0.25, 0.3) is 10.9 Å². The van der Waals surface area contributed by atoms with Crippen LogP contribution in [-0.4, -0.2) is 41.5 Å². The van der Waals surface area contributed by atoms with Gasteiger partial charge in [0.1, 0.15) is 24.5 Å². The number of nitrogens with zero attached hydrogens (tertiary/aromatic N) is 1. The molecule has 0 radical (unpaired) electrons. The van der Waals surface area contributed by atoms with Crippen molar-refractivity contribution in [3.8, 4) is 11.6 Å². The summed E-state index contributed by atoms with van der Waals surface area (Å²) in [5.41, 5.74) is 0.962. The Balaban J connectivity index is 1.18. The summed E-state index contributed by atoms with van der Waals surface area (Å²) in [6.45, 7) is 0.703. The number of benzene rings is 2. The molecule has 178 valence electrons. The van der Waals surface area contributed by atoms with Gasteiger partial charge < -0.3 is 25.1 Å². The third-order valence-corrected chi connectivity index (χ3v) is 5.07. The molecule has 0 spiro atoms. The Kier molecular flexibility index (Phi) is 7.70. The minimum Gasteiger partial charge on any atom is -0.490 e. The van der Waals surface area contributed by atoms with Crippen molar-refractivity contribution in [2.75, 3.05) is 19.8 Å². The Bertz CT molecular complexity index is 1350. The van der Waals surface area contributed by atoms with Crippen molar-refractivity contribution in [2.45, 2.75) is 6.54 Å². The summed E-state index contributed by atoms with van der Waals surface area (Å²) in [4.78, 5) is 44.1. The van der Waals surface area contributed by atoms with E-state index in [0.717, 1.165) is 11.3 Å². The average molecular weight is 473 g/mol. The van der Waals surface area contributed by atoms with Crippen molar-refractivity contribution in [2.24, 2.45) is 0 Å². The third kappa shape index (κ3) is 6.44. The van der Waals surface area contributed by atoms with Crippen LogP contribution >= 0.6 is 0 Å². The topological polar surface area (TPSA) is 122 Å². The quantitative estimate of drug-likeness (QED) is 0.305. The summed E-state index contributed by atoms with van der Waals surface area (Å²) in [6.07, 6.45) is 2.95. The van der Waals surface area contributed by atoms with Crippen LogP contribution in [0, 0.1) is 0 Å². The zero-order chi connectivity index (χ0) is 24.5. The molecule has 2 aromatic carbocycles. The van der Waals surface area contributed by atoms with Gasteiger partial charge in [0.05, 0.1) is 6.54 Å². The summed E-state index contributed by atoms with van der Waals surface area (Å²) < 4.78 is 11.1. The first-order chi connectivity index (χ1) is 17.1. The molecule has 2 heterocycles. The van der Waals surface area contributed by atoms with E-state index in [2.05, 4.69) is 20.6 Å². The molecule has 4 rings (SSSR count). The van der Waals surface area contributed by atoms with Crippen LogP contribution in [0.5, 0.6) is 11.6 Å². The van der Waals surface area contributed by atoms with Gasteiger partial charge >= 0.3 is 0 Å². The van der Waals surface area contributed by atoms with Gasteiger partial charge in [-0.15, -0.1) is 0 Å². The molecule has 0 atom stereocenters. The number of carbonyl (C=O) groups is 2. The number of nitrogens with one attached hydrogen (secondary N) is 3. The van der Waals surface area contributed by atoms with Gasteiger partial charge in [0.25, 0.3) is 5.91 Å². The highest BCUT2D eigenvalue weighted by Crippen LogP contribution is 2.10. The van der Waals surface area contributed by atoms with E-state index in [1.807, 2.05) is 30.3 Å². The number of fused-ring (bicyclic) bond motifs is 1. The standard InChI is InChI=1S/C26H24N4O5/c31-23(17-30-26(33)21-16-27-22-9-5-4-8-20(22)25(21)32)28-14-18-10-11-24(29-15-18)35-13-12-34-19-6-2-1-3-7-19/h1-11,15-16H,12-14,17H2,(H,27,32)(H,28,31)(H,30,33). The lowest BCUT2D eigenvalue weighted by Crippen LogP contribution is -2.38. The van der Waals surface area contributed by atoms with Crippen LogP contribution in [-0.2, 0) is 11.3 Å². The number of hydrogen-bond donors (Lipinski definition) is 3. The van der Waals surface area contributed by atoms with Gasteiger partial charge in [0, 0.05) is 35.9 Å². The van der Waals surface area contributed by atoms with Gasteiger partial charge in [0.2, 0.25) is 17.2 Å². The molecule has 2 aromatic heterocycles. The lowest BCUT2D eigenvalue weighted by Gasteiger charge is -2.09. The van der Waals surface area contributed by atoms with Crippen molar-refractivity contribution in [3.63, 3.8) is 0 Å². The lowest BCUT2D eigenvalue weighted by molar-refractivity contribution is -0.120. The molecule has 0 fully saturated rings. The predicted molar refractivity (Wildman–Crippen MR) is 130 cm³/mol. The summed E-state index contributed by atoms with van der Waals surface area (Å²) >= 11 is 0. The fourth-order valence-electron chi connectivity index (χ4n) is 3.28. The van der Waals surface area contributed by atoms with Gasteiger partial charge in [-0.3, -0.25) is 14.4 Å². The maximum absolute atomic E-state index is 12.5. The molecule has 0 aliphatic carbocycles. The molecular formula is C26H24N4O5. The van der Waals surface area contributed by atoms with E-state index in [4.69, 9.17) is 9.47 Å². The third-order valence-electron chi connectivity index (χ3n) is 5.07. The second kappa shape index (κ2) is 11.5. The van der Waals surface area contributed by atoms with Crippen molar-refractivity contribution in [1.82, 2.24) is 20.6 Å². The lowest BCUT2D eigenvalue weighted by atomic mass is 10.1. The van der Waals surface area contributed by atoms with E-state index >= 15 is 0 Å². The van der Waals surface area contributed by atoms with E-state index in [1.165, 1.54) is 6.20 Å². The summed E-state index contributed by atoms with van der Waals surface area (Å²) in [5, 5.41) is 5.58. The fourth-order valence-corrected chi connectivity index (χ4v) is 3.28. The molecule has 35 heavy (non-hydrogen) atoms. The molecule has 4 aromatic rings. The average Bonchev–Trinajstić information content (AvgIpc) is 2.90. The maximum atomic E-state index is 12.5. The van der Waals surface area contributed by atoms with Gasteiger partial charge in [-0.1, -0.05) is 36.4 Å². The van der Waals surface area contributed by atoms with Crippen LogP contribution < -0.4 is 25.5 Å². The number of aromatic nitrogens is 2. The number of aromatic amines is 1. The van der Waals surface area contributed by atoms with Gasteiger partial charge in [-0.2, -0.15) is 0 Å². The number of rotatable bonds is 10. The number of para-hydroxylation sites is 2. The van der Waals surface area contributed by atoms with Gasteiger partial charge in [-0.25, -0.2) is 4.98 Å². The van der Waals surface area contributed by atoms with Crippen molar-refractivity contribution in [1.29, 1.82) is 0 Å². The van der Waals surface area contributed by atoms with Gasteiger partial charge in [0.15, 0.2) is 0 Å². The van der Waals surface area contributed by atoms with Crippen LogP contribution in [0.3, 0.4) is 0 Å². The molecule has 0 aliphatic rings. The number of carbonyl (C=O) groups excluding carboxylic acids is 2. The maximum Gasteiger partial charge on any atom is 0.257 e. The van der Waals surface area contributed by atoms with Crippen molar-refractivity contribution < 1.29 is 19.1 Å². The van der Waals surface area contributed by atoms with Gasteiger partial charge in [-0.05, 0) is 29.8 Å². The zero-order valence-corrected chi connectivity index (χ0v) is 18.8. The Morgan fingerprint density at radius 1 is 0.886 bits per heavy atom. The van der Waals surface area contributed by atoms with Crippen molar-refractivity contribution >= 4 is 22.7 Å². The largest absolute Gasteiger partial charge is 0.490 e. The van der Waals surface area contributed by atoms with E-state index in [1.54, 1.807) is 42.6 Å². The van der Waals surface area contributed by atoms with Crippen LogP contribution in [0.1, 0.15) is 15.9 Å². The summed E-state index contributed by atoms with van der Waals surface area (Å²) in [5.74, 6) is 0.209. The predicted octanol–water partition coefficient (Wildman–Crippen LogP) is 2.43. The molecule has 0 aliphatic heterocycles. The van der Waals surface area contributed by atoms with Crippen LogP contribution in [0.2, 0.25) is 0 Å². The first kappa shape index (κ1) is 23.5. The molecule has 9 heteroatoms. The first-order valence-electron chi connectivity index (χ1n) is 11.0. The molecule has 0 saturated carbocycles. The highest BCUT2D eigenvalue weighted by molar-refractivity contribution is 5.98. The van der Waals surface area contributed by atoms with E-state index in [0.29, 0.717) is 30.0 Å². The summed E-state index contributed by atoms with van der Waals surface area (Å²) in [7, 11) is 0. The number of H-pyrrole nitrogens is 1. The fraction of sp³-hybridized carbons (Fsp3) is 0.154. The molecular weight excluding hydrogens is 448 g/mol. The second-order valence-corrected chi connectivity index (χ2v) is 7.55. The zero-order valence-electron chi connectivity index (χ0n) is 18.8. The van der Waals surface area contributed by atoms with E-state index in [-0.39, 0.29) is 18.7 Å². The second-order valence-electron chi connectivity index (χ2n) is 7.55. The van der Waals surface area contributed by atoms with E-state index in [9.17, 15) is 14.4 Å². The first-order valence-corrected chi connectivity index (χ1v) is 11.0. The van der Waals surface area contributed by atoms with Crippen molar-refractivity contribution in [3.05, 3.63) is 100 Å².